The van der Waals surface area contributed by atoms with Crippen molar-refractivity contribution in [1.82, 2.24) is 9.80 Å². The van der Waals surface area contributed by atoms with Gasteiger partial charge in [-0.3, -0.25) is 9.69 Å². The molecule has 1 saturated carbocycles. The van der Waals surface area contributed by atoms with Gasteiger partial charge in [0.15, 0.2) is 11.5 Å². The zero-order chi connectivity index (χ0) is 18.6. The standard InChI is InChI=1S/C22H32N2O3/c1-2-23-12-6-9-19(23)15-24(22(25)18-7-4-3-5-8-18)14-17-10-11-20-21(13-17)27-16-26-20/h10-11,13,18-19H,2-9,12,14-16H2,1H3/t19-/m0/s1. The maximum Gasteiger partial charge on any atom is 0.231 e. The summed E-state index contributed by atoms with van der Waals surface area (Å²) in [5.74, 6) is 2.17. The van der Waals surface area contributed by atoms with Crippen LogP contribution < -0.4 is 9.47 Å². The van der Waals surface area contributed by atoms with E-state index < -0.39 is 0 Å². The quantitative estimate of drug-likeness (QED) is 0.762. The molecule has 148 valence electrons. The number of carbonyl (C=O) groups is 1. The molecule has 0 spiro atoms. The van der Waals surface area contributed by atoms with Gasteiger partial charge in [-0.25, -0.2) is 0 Å². The number of hydrogen-bond acceptors (Lipinski definition) is 4. The molecule has 2 aliphatic heterocycles. The molecule has 0 aromatic heterocycles. The molecular weight excluding hydrogens is 340 g/mol. The Morgan fingerprint density at radius 3 is 2.74 bits per heavy atom. The van der Waals surface area contributed by atoms with Gasteiger partial charge in [-0.1, -0.05) is 32.3 Å². The van der Waals surface area contributed by atoms with Crippen LogP contribution in [0.3, 0.4) is 0 Å². The number of hydrogen-bond donors (Lipinski definition) is 0. The van der Waals surface area contributed by atoms with Crippen LogP contribution in [0.1, 0.15) is 57.4 Å². The number of carbonyl (C=O) groups excluding carboxylic acids is 1. The van der Waals surface area contributed by atoms with Gasteiger partial charge < -0.3 is 14.4 Å². The van der Waals surface area contributed by atoms with E-state index in [1.54, 1.807) is 0 Å². The summed E-state index contributed by atoms with van der Waals surface area (Å²) in [5.41, 5.74) is 1.13. The SMILES string of the molecule is CCN1CCC[C@H]1CN(Cc1ccc2c(c1)OCO2)C(=O)C1CCCCC1. The summed E-state index contributed by atoms with van der Waals surface area (Å²) in [4.78, 5) is 18.0. The lowest BCUT2D eigenvalue weighted by Crippen LogP contribution is -2.45. The van der Waals surface area contributed by atoms with Crippen LogP contribution in [0.4, 0.5) is 0 Å². The predicted octanol–water partition coefficient (Wildman–Crippen LogP) is 3.81. The Bertz CT molecular complexity index is 657. The first-order valence-electron chi connectivity index (χ1n) is 10.7. The summed E-state index contributed by atoms with van der Waals surface area (Å²) < 4.78 is 11.0. The molecule has 0 unspecified atom stereocenters. The number of ether oxygens (including phenoxy) is 2. The Labute approximate surface area is 162 Å². The molecule has 2 heterocycles. The normalized spacial score (nSPS) is 22.9. The molecule has 0 radical (unpaired) electrons. The minimum atomic E-state index is 0.212. The second kappa shape index (κ2) is 8.51. The second-order valence-corrected chi connectivity index (χ2v) is 8.17. The molecule has 5 heteroatoms. The lowest BCUT2D eigenvalue weighted by Gasteiger charge is -2.34. The van der Waals surface area contributed by atoms with Crippen LogP contribution in [0, 0.1) is 5.92 Å². The van der Waals surface area contributed by atoms with Gasteiger partial charge in [-0.15, -0.1) is 0 Å². The van der Waals surface area contributed by atoms with Crippen molar-refractivity contribution >= 4 is 5.91 Å². The molecule has 3 aliphatic rings. The number of likely N-dealkylation sites (N-methyl/N-ethyl adjacent to an activating group) is 1. The minimum Gasteiger partial charge on any atom is -0.454 e. The second-order valence-electron chi connectivity index (χ2n) is 8.17. The van der Waals surface area contributed by atoms with Crippen molar-refractivity contribution in [2.75, 3.05) is 26.4 Å². The van der Waals surface area contributed by atoms with Crippen molar-refractivity contribution in [1.29, 1.82) is 0 Å². The Morgan fingerprint density at radius 1 is 1.11 bits per heavy atom. The average molecular weight is 373 g/mol. The van der Waals surface area contributed by atoms with E-state index in [1.807, 2.05) is 12.1 Å². The van der Waals surface area contributed by atoms with E-state index in [2.05, 4.69) is 22.8 Å². The van der Waals surface area contributed by atoms with E-state index in [-0.39, 0.29) is 12.7 Å². The van der Waals surface area contributed by atoms with Crippen LogP contribution >= 0.6 is 0 Å². The van der Waals surface area contributed by atoms with E-state index in [1.165, 1.54) is 32.1 Å². The molecule has 4 rings (SSSR count). The van der Waals surface area contributed by atoms with E-state index in [0.717, 1.165) is 49.5 Å². The van der Waals surface area contributed by atoms with Crippen molar-refractivity contribution < 1.29 is 14.3 Å². The highest BCUT2D eigenvalue weighted by atomic mass is 16.7. The van der Waals surface area contributed by atoms with Crippen molar-refractivity contribution in [2.45, 2.75) is 64.5 Å². The number of rotatable bonds is 6. The summed E-state index contributed by atoms with van der Waals surface area (Å²) in [6, 6.07) is 6.57. The van der Waals surface area contributed by atoms with E-state index in [9.17, 15) is 4.79 Å². The van der Waals surface area contributed by atoms with Crippen LogP contribution in [-0.2, 0) is 11.3 Å². The maximum absolute atomic E-state index is 13.4. The summed E-state index contributed by atoms with van der Waals surface area (Å²) in [7, 11) is 0. The molecule has 1 aliphatic carbocycles. The largest absolute Gasteiger partial charge is 0.454 e. The smallest absolute Gasteiger partial charge is 0.231 e. The molecule has 0 bridgehead atoms. The highest BCUT2D eigenvalue weighted by Crippen LogP contribution is 2.33. The highest BCUT2D eigenvalue weighted by molar-refractivity contribution is 5.79. The van der Waals surface area contributed by atoms with E-state index >= 15 is 0 Å². The first-order chi connectivity index (χ1) is 13.2. The summed E-state index contributed by atoms with van der Waals surface area (Å²) in [5, 5.41) is 0. The first-order valence-corrected chi connectivity index (χ1v) is 10.7. The Kier molecular flexibility index (Phi) is 5.86. The fourth-order valence-corrected chi connectivity index (χ4v) is 4.87. The predicted molar refractivity (Wildman–Crippen MR) is 105 cm³/mol. The highest BCUT2D eigenvalue weighted by Gasteiger charge is 2.31. The molecule has 1 aromatic carbocycles. The Hall–Kier alpha value is -1.75. The first kappa shape index (κ1) is 18.6. The van der Waals surface area contributed by atoms with Gasteiger partial charge in [-0.05, 0) is 56.5 Å². The zero-order valence-corrected chi connectivity index (χ0v) is 16.5. The van der Waals surface area contributed by atoms with E-state index in [0.29, 0.717) is 18.5 Å². The number of fused-ring (bicyclic) bond motifs is 1. The minimum absolute atomic E-state index is 0.212. The lowest BCUT2D eigenvalue weighted by molar-refractivity contribution is -0.138. The topological polar surface area (TPSA) is 42.0 Å². The monoisotopic (exact) mass is 372 g/mol. The zero-order valence-electron chi connectivity index (χ0n) is 16.5. The number of nitrogens with zero attached hydrogens (tertiary/aromatic N) is 2. The van der Waals surface area contributed by atoms with Gasteiger partial charge in [-0.2, -0.15) is 0 Å². The third-order valence-corrected chi connectivity index (χ3v) is 6.41. The van der Waals surface area contributed by atoms with Gasteiger partial charge >= 0.3 is 0 Å². The number of amides is 1. The summed E-state index contributed by atoms with van der Waals surface area (Å²) in [6.45, 7) is 6.26. The molecular formula is C22H32N2O3. The van der Waals surface area contributed by atoms with Crippen molar-refractivity contribution in [3.8, 4) is 11.5 Å². The van der Waals surface area contributed by atoms with Crippen LogP contribution in [0.15, 0.2) is 18.2 Å². The Balaban J connectivity index is 1.50. The molecule has 1 aromatic rings. The van der Waals surface area contributed by atoms with Crippen LogP contribution in [0.5, 0.6) is 11.5 Å². The van der Waals surface area contributed by atoms with Gasteiger partial charge in [0.2, 0.25) is 12.7 Å². The van der Waals surface area contributed by atoms with Gasteiger partial charge in [0.1, 0.15) is 0 Å². The molecule has 2 fully saturated rings. The molecule has 1 saturated heterocycles. The van der Waals surface area contributed by atoms with Crippen LogP contribution in [0.25, 0.3) is 0 Å². The average Bonchev–Trinajstić information content (AvgIpc) is 3.36. The maximum atomic E-state index is 13.4. The third-order valence-electron chi connectivity index (χ3n) is 6.41. The van der Waals surface area contributed by atoms with Crippen molar-refractivity contribution in [3.63, 3.8) is 0 Å². The van der Waals surface area contributed by atoms with Crippen molar-refractivity contribution in [3.05, 3.63) is 23.8 Å². The molecule has 1 amide bonds. The Morgan fingerprint density at radius 2 is 1.93 bits per heavy atom. The molecule has 1 atom stereocenters. The molecule has 0 N–H and O–H groups in total. The lowest BCUT2D eigenvalue weighted by atomic mass is 9.88. The number of likely N-dealkylation sites (tertiary alicyclic amines) is 1. The third kappa shape index (κ3) is 4.23. The van der Waals surface area contributed by atoms with Gasteiger partial charge in [0.25, 0.3) is 0 Å². The van der Waals surface area contributed by atoms with Crippen LogP contribution in [-0.4, -0.2) is 48.2 Å². The van der Waals surface area contributed by atoms with Gasteiger partial charge in [0.05, 0.1) is 0 Å². The fourth-order valence-electron chi connectivity index (χ4n) is 4.87. The van der Waals surface area contributed by atoms with Gasteiger partial charge in [0, 0.05) is 25.0 Å². The summed E-state index contributed by atoms with van der Waals surface area (Å²) in [6.07, 6.45) is 8.21. The fraction of sp³-hybridized carbons (Fsp3) is 0.682. The number of benzene rings is 1. The molecule has 27 heavy (non-hydrogen) atoms. The van der Waals surface area contributed by atoms with Crippen LogP contribution in [0.2, 0.25) is 0 Å². The van der Waals surface area contributed by atoms with E-state index in [4.69, 9.17) is 9.47 Å². The van der Waals surface area contributed by atoms with Crippen molar-refractivity contribution in [2.24, 2.45) is 5.92 Å². The summed E-state index contributed by atoms with van der Waals surface area (Å²) >= 11 is 0. The molecule has 5 nitrogen and oxygen atoms in total.